The van der Waals surface area contributed by atoms with Crippen molar-refractivity contribution < 1.29 is 17.9 Å². The molecule has 0 aliphatic carbocycles. The predicted molar refractivity (Wildman–Crippen MR) is 114 cm³/mol. The molecule has 3 rings (SSSR count). The van der Waals surface area contributed by atoms with Gasteiger partial charge in [-0.2, -0.15) is 8.78 Å². The number of ether oxygens (including phenoxy) is 1. The summed E-state index contributed by atoms with van der Waals surface area (Å²) in [6, 6.07) is 15.1. The second-order valence-electron chi connectivity index (χ2n) is 7.07. The van der Waals surface area contributed by atoms with Crippen LogP contribution in [0.15, 0.2) is 54.6 Å². The number of halogens is 3. The number of benzene rings is 3. The van der Waals surface area contributed by atoms with E-state index in [1.165, 1.54) is 37.0 Å². The van der Waals surface area contributed by atoms with Crippen molar-refractivity contribution in [1.82, 2.24) is 0 Å². The van der Waals surface area contributed by atoms with Crippen LogP contribution < -0.4 is 4.74 Å². The molecule has 0 aromatic heterocycles. The minimum Gasteiger partial charge on any atom is -0.434 e. The number of alkyl halides is 2. The molecule has 0 N–H and O–H groups in total. The second-order valence-corrected chi connectivity index (χ2v) is 7.07. The first kappa shape index (κ1) is 21.0. The van der Waals surface area contributed by atoms with Crippen LogP contribution in [0.4, 0.5) is 13.2 Å². The van der Waals surface area contributed by atoms with Crippen LogP contribution in [-0.4, -0.2) is 6.61 Å². The van der Waals surface area contributed by atoms with Crippen LogP contribution in [0.2, 0.25) is 0 Å². The van der Waals surface area contributed by atoms with Crippen LogP contribution in [0, 0.1) is 5.82 Å². The summed E-state index contributed by atoms with van der Waals surface area (Å²) in [6.45, 7) is 0.870. The molecule has 3 aromatic carbocycles. The first-order valence-corrected chi connectivity index (χ1v) is 9.96. The van der Waals surface area contributed by atoms with Crippen molar-refractivity contribution in [2.45, 2.75) is 46.1 Å². The Hall–Kier alpha value is -2.75. The van der Waals surface area contributed by atoms with E-state index in [2.05, 4.69) is 23.8 Å². The first-order chi connectivity index (χ1) is 14.0. The van der Waals surface area contributed by atoms with Gasteiger partial charge in [0.1, 0.15) is 11.6 Å². The number of allylic oxidation sites excluding steroid dienone is 1. The average molecular weight is 398 g/mol. The Morgan fingerprint density at radius 1 is 0.966 bits per heavy atom. The smallest absolute Gasteiger partial charge is 0.387 e. The van der Waals surface area contributed by atoms with Gasteiger partial charge in [-0.3, -0.25) is 0 Å². The summed E-state index contributed by atoms with van der Waals surface area (Å²) in [5.41, 5.74) is 3.22. The molecule has 3 aromatic rings. The minimum atomic E-state index is -3.01. The van der Waals surface area contributed by atoms with Gasteiger partial charge in [-0.15, -0.1) is 0 Å². The third kappa shape index (κ3) is 5.00. The molecule has 0 amide bonds. The van der Waals surface area contributed by atoms with Crippen molar-refractivity contribution in [2.75, 3.05) is 0 Å². The molecule has 0 bridgehead atoms. The lowest BCUT2D eigenvalue weighted by Gasteiger charge is -2.13. The summed E-state index contributed by atoms with van der Waals surface area (Å²) in [4.78, 5) is 0. The molecule has 0 fully saturated rings. The third-order valence-corrected chi connectivity index (χ3v) is 4.98. The summed E-state index contributed by atoms with van der Waals surface area (Å²) in [5, 5.41) is 0.899. The maximum absolute atomic E-state index is 14.9. The van der Waals surface area contributed by atoms with Crippen LogP contribution in [0.1, 0.15) is 44.2 Å². The van der Waals surface area contributed by atoms with E-state index in [0.717, 1.165) is 17.5 Å². The molecule has 0 saturated heterocycles. The number of hydrogen-bond acceptors (Lipinski definition) is 1. The van der Waals surface area contributed by atoms with Gasteiger partial charge in [0.05, 0.1) is 5.56 Å². The van der Waals surface area contributed by atoms with E-state index in [1.807, 2.05) is 24.3 Å². The number of hydrogen-bond donors (Lipinski definition) is 0. The van der Waals surface area contributed by atoms with E-state index >= 15 is 0 Å². The molecule has 0 unspecified atom stereocenters. The van der Waals surface area contributed by atoms with Gasteiger partial charge in [-0.05, 0) is 54.0 Å². The lowest BCUT2D eigenvalue weighted by atomic mass is 9.97. The maximum atomic E-state index is 14.9. The highest BCUT2D eigenvalue weighted by atomic mass is 19.3. The summed E-state index contributed by atoms with van der Waals surface area (Å²) in [7, 11) is 0. The van der Waals surface area contributed by atoms with Crippen molar-refractivity contribution in [3.05, 3.63) is 71.6 Å². The molecule has 0 aliphatic heterocycles. The number of aryl methyl sites for hydroxylation is 1. The molecule has 1 nitrogen and oxygen atoms in total. The van der Waals surface area contributed by atoms with Gasteiger partial charge < -0.3 is 4.74 Å². The van der Waals surface area contributed by atoms with Crippen LogP contribution >= 0.6 is 0 Å². The van der Waals surface area contributed by atoms with E-state index in [0.29, 0.717) is 10.8 Å². The highest BCUT2D eigenvalue weighted by Crippen LogP contribution is 2.34. The molecule has 0 saturated carbocycles. The molecule has 0 atom stereocenters. The van der Waals surface area contributed by atoms with Crippen molar-refractivity contribution >= 4 is 16.8 Å². The number of unbranched alkanes of at least 4 members (excludes halogenated alkanes) is 2. The average Bonchev–Trinajstić information content (AvgIpc) is 2.71. The third-order valence-electron chi connectivity index (χ3n) is 4.98. The van der Waals surface area contributed by atoms with E-state index in [-0.39, 0.29) is 11.3 Å². The molecular formula is C25H25F3O. The van der Waals surface area contributed by atoms with Gasteiger partial charge >= 0.3 is 6.61 Å². The first-order valence-electron chi connectivity index (χ1n) is 9.96. The van der Waals surface area contributed by atoms with Gasteiger partial charge in [0.2, 0.25) is 0 Å². The lowest BCUT2D eigenvalue weighted by Crippen LogP contribution is -2.04. The molecule has 152 valence electrons. The Labute approximate surface area is 169 Å². The van der Waals surface area contributed by atoms with Crippen LogP contribution in [0.25, 0.3) is 28.0 Å². The van der Waals surface area contributed by atoms with E-state index in [4.69, 9.17) is 0 Å². The summed E-state index contributed by atoms with van der Waals surface area (Å²) in [5.74, 6) is -0.722. The second kappa shape index (κ2) is 9.64. The Balaban J connectivity index is 1.97. The quantitative estimate of drug-likeness (QED) is 0.349. The SMILES string of the molecule is C/C=C/c1c(OC(F)F)cc2cc(-c3ccc(CCCCC)cc3)ccc2c1F. The van der Waals surface area contributed by atoms with Crippen molar-refractivity contribution in [3.8, 4) is 16.9 Å². The summed E-state index contributed by atoms with van der Waals surface area (Å²) < 4.78 is 45.1. The van der Waals surface area contributed by atoms with Gasteiger partial charge in [0.15, 0.2) is 0 Å². The van der Waals surface area contributed by atoms with Crippen LogP contribution in [0.5, 0.6) is 5.75 Å². The molecule has 4 heteroatoms. The van der Waals surface area contributed by atoms with Gasteiger partial charge in [0.25, 0.3) is 0 Å². The fraction of sp³-hybridized carbons (Fsp3) is 0.280. The zero-order valence-corrected chi connectivity index (χ0v) is 16.7. The molecule has 0 aliphatic rings. The molecular weight excluding hydrogens is 373 g/mol. The highest BCUT2D eigenvalue weighted by Gasteiger charge is 2.16. The maximum Gasteiger partial charge on any atom is 0.387 e. The molecule has 0 radical (unpaired) electrons. The van der Waals surface area contributed by atoms with Crippen molar-refractivity contribution in [2.24, 2.45) is 0 Å². The molecule has 0 spiro atoms. The number of rotatable bonds is 8. The Kier molecular flexibility index (Phi) is 6.97. The van der Waals surface area contributed by atoms with Crippen molar-refractivity contribution in [1.29, 1.82) is 0 Å². The van der Waals surface area contributed by atoms with Crippen LogP contribution in [0.3, 0.4) is 0 Å². The fourth-order valence-corrected chi connectivity index (χ4v) is 3.49. The summed E-state index contributed by atoms with van der Waals surface area (Å²) >= 11 is 0. The normalized spacial score (nSPS) is 11.7. The van der Waals surface area contributed by atoms with Crippen LogP contribution in [-0.2, 0) is 6.42 Å². The van der Waals surface area contributed by atoms with E-state index < -0.39 is 12.4 Å². The van der Waals surface area contributed by atoms with Gasteiger partial charge in [-0.25, -0.2) is 4.39 Å². The molecule has 0 heterocycles. The number of fused-ring (bicyclic) bond motifs is 1. The lowest BCUT2D eigenvalue weighted by molar-refractivity contribution is -0.0500. The van der Waals surface area contributed by atoms with E-state index in [1.54, 1.807) is 19.1 Å². The van der Waals surface area contributed by atoms with Gasteiger partial charge in [-0.1, -0.05) is 68.3 Å². The fourth-order valence-electron chi connectivity index (χ4n) is 3.49. The standard InChI is InChI=1S/C25H25F3O/c1-3-5-6-8-17-9-11-18(12-10-17)19-13-14-21-20(15-19)16-23(29-25(27)28)22(7-4-2)24(21)26/h4,7,9-16,25H,3,5-6,8H2,1-2H3/b7-4+. The van der Waals surface area contributed by atoms with E-state index in [9.17, 15) is 13.2 Å². The topological polar surface area (TPSA) is 9.23 Å². The monoisotopic (exact) mass is 398 g/mol. The molecule has 29 heavy (non-hydrogen) atoms. The Morgan fingerprint density at radius 2 is 1.69 bits per heavy atom. The summed E-state index contributed by atoms with van der Waals surface area (Å²) in [6.07, 6.45) is 7.68. The minimum absolute atomic E-state index is 0.0319. The highest BCUT2D eigenvalue weighted by molar-refractivity contribution is 5.91. The largest absolute Gasteiger partial charge is 0.434 e. The Morgan fingerprint density at radius 3 is 2.34 bits per heavy atom. The Bertz CT molecular complexity index is 991. The zero-order valence-electron chi connectivity index (χ0n) is 16.7. The van der Waals surface area contributed by atoms with Gasteiger partial charge in [0, 0.05) is 5.39 Å². The van der Waals surface area contributed by atoms with Crippen molar-refractivity contribution in [3.63, 3.8) is 0 Å². The predicted octanol–water partition coefficient (Wildman–Crippen LogP) is 8.01. The zero-order chi connectivity index (χ0) is 20.8.